The lowest BCUT2D eigenvalue weighted by molar-refractivity contribution is 0.0718. The van der Waals surface area contributed by atoms with Crippen molar-refractivity contribution in [3.05, 3.63) is 36.2 Å². The molecule has 16 heavy (non-hydrogen) atoms. The molecule has 1 aromatic carbocycles. The van der Waals surface area contributed by atoms with Crippen LogP contribution in [0.25, 0.3) is 11.4 Å². The molecule has 0 unspecified atom stereocenters. The van der Waals surface area contributed by atoms with Crippen LogP contribution in [0.2, 0.25) is 0 Å². The molecule has 1 aliphatic carbocycles. The largest absolute Gasteiger partial charge is 0.393 e. The maximum atomic E-state index is 9.24. The van der Waals surface area contributed by atoms with Gasteiger partial charge < -0.3 is 5.11 Å². The third-order valence-corrected chi connectivity index (χ3v) is 3.03. The molecule has 4 heteroatoms. The summed E-state index contributed by atoms with van der Waals surface area (Å²) in [4.78, 5) is 4.46. The van der Waals surface area contributed by atoms with Gasteiger partial charge in [0.15, 0.2) is 5.82 Å². The lowest BCUT2D eigenvalue weighted by Crippen LogP contribution is -2.27. The van der Waals surface area contributed by atoms with Crippen LogP contribution in [-0.2, 0) is 0 Å². The molecular weight excluding hydrogens is 202 g/mol. The van der Waals surface area contributed by atoms with Crippen LogP contribution in [0.4, 0.5) is 0 Å². The van der Waals surface area contributed by atoms with E-state index >= 15 is 0 Å². The Morgan fingerprint density at radius 3 is 2.62 bits per heavy atom. The summed E-state index contributed by atoms with van der Waals surface area (Å²) in [5.74, 6) is 1.97. The van der Waals surface area contributed by atoms with Crippen molar-refractivity contribution in [3.8, 4) is 11.4 Å². The zero-order chi connectivity index (χ0) is 11.0. The van der Waals surface area contributed by atoms with E-state index in [1.54, 1.807) is 0 Å². The Kier molecular flexibility index (Phi) is 2.22. The van der Waals surface area contributed by atoms with Gasteiger partial charge in [-0.05, 0) is 12.8 Å². The summed E-state index contributed by atoms with van der Waals surface area (Å²) in [6, 6.07) is 9.89. The summed E-state index contributed by atoms with van der Waals surface area (Å²) in [6.07, 6.45) is 1.43. The van der Waals surface area contributed by atoms with E-state index in [-0.39, 0.29) is 6.10 Å². The fourth-order valence-electron chi connectivity index (χ4n) is 1.98. The standard InChI is InChI=1S/C12H13N3O/c16-10-6-9(7-10)12-13-11(14-15-12)8-4-2-1-3-5-8/h1-5,9-10,16H,6-7H2,(H,13,14,15). The van der Waals surface area contributed by atoms with Gasteiger partial charge in [0.1, 0.15) is 5.82 Å². The van der Waals surface area contributed by atoms with Gasteiger partial charge in [0, 0.05) is 11.5 Å². The van der Waals surface area contributed by atoms with Crippen molar-refractivity contribution in [1.82, 2.24) is 15.2 Å². The van der Waals surface area contributed by atoms with Crippen molar-refractivity contribution < 1.29 is 5.11 Å². The molecule has 1 saturated carbocycles. The lowest BCUT2D eigenvalue weighted by Gasteiger charge is -2.29. The minimum absolute atomic E-state index is 0.157. The van der Waals surface area contributed by atoms with Gasteiger partial charge >= 0.3 is 0 Å². The molecule has 2 aromatic rings. The second-order valence-electron chi connectivity index (χ2n) is 4.23. The van der Waals surface area contributed by atoms with Crippen LogP contribution in [0.5, 0.6) is 0 Å². The maximum Gasteiger partial charge on any atom is 0.181 e. The van der Waals surface area contributed by atoms with Gasteiger partial charge in [0.05, 0.1) is 6.10 Å². The highest BCUT2D eigenvalue weighted by Crippen LogP contribution is 2.35. The van der Waals surface area contributed by atoms with Gasteiger partial charge in [-0.2, -0.15) is 5.10 Å². The zero-order valence-electron chi connectivity index (χ0n) is 8.80. The van der Waals surface area contributed by atoms with Gasteiger partial charge in [-0.1, -0.05) is 30.3 Å². The summed E-state index contributed by atoms with van der Waals surface area (Å²) in [5, 5.41) is 16.4. The topological polar surface area (TPSA) is 61.8 Å². The second-order valence-corrected chi connectivity index (χ2v) is 4.23. The number of nitrogens with one attached hydrogen (secondary N) is 1. The molecule has 3 rings (SSSR count). The normalized spacial score (nSPS) is 24.1. The minimum Gasteiger partial charge on any atom is -0.393 e. The summed E-state index contributed by atoms with van der Waals surface area (Å²) in [5.41, 5.74) is 1.02. The number of aliphatic hydroxyl groups excluding tert-OH is 1. The third kappa shape index (κ3) is 1.61. The molecule has 1 heterocycles. The number of aliphatic hydroxyl groups is 1. The Hall–Kier alpha value is -1.68. The van der Waals surface area contributed by atoms with Crippen molar-refractivity contribution in [3.63, 3.8) is 0 Å². The highest BCUT2D eigenvalue weighted by atomic mass is 16.3. The van der Waals surface area contributed by atoms with E-state index in [0.717, 1.165) is 30.1 Å². The van der Waals surface area contributed by atoms with Crippen LogP contribution >= 0.6 is 0 Å². The van der Waals surface area contributed by atoms with Crippen LogP contribution in [0.15, 0.2) is 30.3 Å². The van der Waals surface area contributed by atoms with Crippen molar-refractivity contribution in [2.75, 3.05) is 0 Å². The molecule has 0 radical (unpaired) electrons. The van der Waals surface area contributed by atoms with E-state index in [4.69, 9.17) is 0 Å². The summed E-state index contributed by atoms with van der Waals surface area (Å²) >= 11 is 0. The number of hydrogen-bond donors (Lipinski definition) is 2. The number of aromatic nitrogens is 3. The summed E-state index contributed by atoms with van der Waals surface area (Å²) in [7, 11) is 0. The number of aromatic amines is 1. The van der Waals surface area contributed by atoms with Gasteiger partial charge in [-0.15, -0.1) is 0 Å². The van der Waals surface area contributed by atoms with E-state index in [0.29, 0.717) is 5.92 Å². The average Bonchev–Trinajstić information content (AvgIpc) is 2.75. The van der Waals surface area contributed by atoms with Crippen molar-refractivity contribution in [2.45, 2.75) is 24.9 Å². The number of rotatable bonds is 2. The molecule has 0 amide bonds. The van der Waals surface area contributed by atoms with E-state index in [9.17, 15) is 5.11 Å². The van der Waals surface area contributed by atoms with Gasteiger partial charge in [-0.3, -0.25) is 5.10 Å². The fraction of sp³-hybridized carbons (Fsp3) is 0.333. The number of H-pyrrole nitrogens is 1. The number of nitrogens with zero attached hydrogens (tertiary/aromatic N) is 2. The van der Waals surface area contributed by atoms with Crippen LogP contribution in [0, 0.1) is 0 Å². The predicted molar refractivity (Wildman–Crippen MR) is 59.8 cm³/mol. The highest BCUT2D eigenvalue weighted by molar-refractivity contribution is 5.53. The van der Waals surface area contributed by atoms with E-state index in [2.05, 4.69) is 15.2 Å². The van der Waals surface area contributed by atoms with Crippen molar-refractivity contribution in [1.29, 1.82) is 0 Å². The first-order valence-electron chi connectivity index (χ1n) is 5.48. The monoisotopic (exact) mass is 215 g/mol. The molecule has 0 aliphatic heterocycles. The number of hydrogen-bond acceptors (Lipinski definition) is 3. The lowest BCUT2D eigenvalue weighted by atomic mass is 9.82. The first-order chi connectivity index (χ1) is 7.83. The fourth-order valence-corrected chi connectivity index (χ4v) is 1.98. The van der Waals surface area contributed by atoms with E-state index in [1.807, 2.05) is 30.3 Å². The maximum absolute atomic E-state index is 9.24. The molecule has 0 spiro atoms. The van der Waals surface area contributed by atoms with Crippen molar-refractivity contribution >= 4 is 0 Å². The minimum atomic E-state index is -0.157. The van der Waals surface area contributed by atoms with Crippen LogP contribution in [-0.4, -0.2) is 26.4 Å². The molecular formula is C12H13N3O. The molecule has 0 saturated heterocycles. The van der Waals surface area contributed by atoms with Gasteiger partial charge in [0.25, 0.3) is 0 Å². The smallest absolute Gasteiger partial charge is 0.181 e. The quantitative estimate of drug-likeness (QED) is 0.801. The molecule has 1 aliphatic rings. The first-order valence-corrected chi connectivity index (χ1v) is 5.48. The Bertz CT molecular complexity index is 474. The Labute approximate surface area is 93.4 Å². The van der Waals surface area contributed by atoms with Crippen molar-refractivity contribution in [2.24, 2.45) is 0 Å². The van der Waals surface area contributed by atoms with Gasteiger partial charge in [0.2, 0.25) is 0 Å². The van der Waals surface area contributed by atoms with Crippen LogP contribution in [0.1, 0.15) is 24.6 Å². The van der Waals surface area contributed by atoms with E-state index < -0.39 is 0 Å². The van der Waals surface area contributed by atoms with Crippen LogP contribution in [0.3, 0.4) is 0 Å². The molecule has 1 fully saturated rings. The highest BCUT2D eigenvalue weighted by Gasteiger charge is 2.31. The molecule has 1 aromatic heterocycles. The number of benzene rings is 1. The summed E-state index contributed by atoms with van der Waals surface area (Å²) < 4.78 is 0. The average molecular weight is 215 g/mol. The SMILES string of the molecule is OC1CC(c2nc(-c3ccccc3)n[nH]2)C1. The molecule has 0 bridgehead atoms. The Morgan fingerprint density at radius 1 is 1.19 bits per heavy atom. The zero-order valence-corrected chi connectivity index (χ0v) is 8.80. The molecule has 82 valence electrons. The second kappa shape index (κ2) is 3.72. The van der Waals surface area contributed by atoms with Crippen LogP contribution < -0.4 is 0 Å². The molecule has 2 N–H and O–H groups in total. The summed E-state index contributed by atoms with van der Waals surface area (Å²) in [6.45, 7) is 0. The van der Waals surface area contributed by atoms with Gasteiger partial charge in [-0.25, -0.2) is 4.98 Å². The third-order valence-electron chi connectivity index (χ3n) is 3.03. The molecule has 0 atom stereocenters. The Balaban J connectivity index is 1.83. The first kappa shape index (κ1) is 9.54. The Morgan fingerprint density at radius 2 is 1.94 bits per heavy atom. The van der Waals surface area contributed by atoms with E-state index in [1.165, 1.54) is 0 Å². The molecule has 4 nitrogen and oxygen atoms in total. The predicted octanol–water partition coefficient (Wildman–Crippen LogP) is 1.71.